The Morgan fingerprint density at radius 3 is 2.56 bits per heavy atom. The lowest BCUT2D eigenvalue weighted by molar-refractivity contribution is -0.136. The Labute approximate surface area is 91.4 Å². The number of nitrogens with zero attached hydrogens (tertiary/aromatic N) is 1. The van der Waals surface area contributed by atoms with Gasteiger partial charge in [0.25, 0.3) is 0 Å². The summed E-state index contributed by atoms with van der Waals surface area (Å²) in [5.41, 5.74) is 6.19. The molecule has 1 aromatic rings. The molecule has 6 heteroatoms. The third kappa shape index (κ3) is 4.06. The molecule has 1 rings (SSSR count). The van der Waals surface area contributed by atoms with Crippen molar-refractivity contribution in [1.82, 2.24) is 4.98 Å². The fourth-order valence-electron chi connectivity index (χ4n) is 1.22. The summed E-state index contributed by atoms with van der Waals surface area (Å²) in [6.45, 7) is 0. The average Bonchev–Trinajstić information content (AvgIpc) is 2.25. The maximum Gasteiger partial charge on any atom is 0.389 e. The van der Waals surface area contributed by atoms with Gasteiger partial charge in [-0.05, 0) is 12.0 Å². The molecular weight excluding hydrogens is 221 g/mol. The summed E-state index contributed by atoms with van der Waals surface area (Å²) in [5.74, 6) is 0.409. The molecule has 3 nitrogen and oxygen atoms in total. The van der Waals surface area contributed by atoms with Gasteiger partial charge in [0, 0.05) is 24.7 Å². The van der Waals surface area contributed by atoms with E-state index >= 15 is 0 Å². The first-order valence-electron chi connectivity index (χ1n) is 4.74. The molecule has 1 heterocycles. The Bertz CT molecular complexity index is 324. The molecule has 0 saturated carbocycles. The largest absolute Gasteiger partial charge is 0.481 e. The first-order valence-corrected chi connectivity index (χ1v) is 4.74. The van der Waals surface area contributed by atoms with Crippen molar-refractivity contribution in [3.63, 3.8) is 0 Å². The van der Waals surface area contributed by atoms with E-state index in [-0.39, 0.29) is 6.42 Å². The summed E-state index contributed by atoms with van der Waals surface area (Å²) in [6.07, 6.45) is -3.77. The summed E-state index contributed by atoms with van der Waals surface area (Å²) in [6, 6.07) is 2.54. The minimum absolute atomic E-state index is 0.141. The van der Waals surface area contributed by atoms with Crippen LogP contribution in [0.2, 0.25) is 0 Å². The van der Waals surface area contributed by atoms with E-state index in [2.05, 4.69) is 4.98 Å². The van der Waals surface area contributed by atoms with E-state index in [1.165, 1.54) is 13.3 Å². The van der Waals surface area contributed by atoms with E-state index in [1.54, 1.807) is 12.1 Å². The quantitative estimate of drug-likeness (QED) is 0.870. The van der Waals surface area contributed by atoms with Gasteiger partial charge in [-0.3, -0.25) is 0 Å². The number of pyridine rings is 1. The van der Waals surface area contributed by atoms with E-state index in [0.717, 1.165) is 0 Å². The van der Waals surface area contributed by atoms with Crippen molar-refractivity contribution >= 4 is 0 Å². The van der Waals surface area contributed by atoms with Gasteiger partial charge in [-0.25, -0.2) is 4.98 Å². The predicted octanol–water partition coefficient (Wildman–Crippen LogP) is 2.43. The van der Waals surface area contributed by atoms with Crippen molar-refractivity contribution in [3.05, 3.63) is 23.9 Å². The second-order valence-electron chi connectivity index (χ2n) is 3.39. The lowest BCUT2D eigenvalue weighted by Crippen LogP contribution is -2.15. The fraction of sp³-hybridized carbons (Fsp3) is 0.500. The molecule has 1 aromatic heterocycles. The van der Waals surface area contributed by atoms with Gasteiger partial charge in [-0.1, -0.05) is 6.07 Å². The Kier molecular flexibility index (Phi) is 4.12. The molecule has 0 radical (unpaired) electrons. The van der Waals surface area contributed by atoms with Gasteiger partial charge >= 0.3 is 6.18 Å². The highest BCUT2D eigenvalue weighted by Crippen LogP contribution is 2.26. The van der Waals surface area contributed by atoms with Crippen LogP contribution < -0.4 is 10.5 Å². The third-order valence-corrected chi connectivity index (χ3v) is 2.14. The number of aromatic nitrogens is 1. The van der Waals surface area contributed by atoms with Crippen LogP contribution in [-0.2, 0) is 0 Å². The van der Waals surface area contributed by atoms with Crippen LogP contribution in [0.1, 0.15) is 24.4 Å². The van der Waals surface area contributed by atoms with Crippen LogP contribution in [0.25, 0.3) is 0 Å². The van der Waals surface area contributed by atoms with Crippen LogP contribution in [0, 0.1) is 0 Å². The number of rotatable bonds is 4. The van der Waals surface area contributed by atoms with Gasteiger partial charge in [0.1, 0.15) is 0 Å². The number of hydrogen-bond acceptors (Lipinski definition) is 3. The molecule has 1 atom stereocenters. The fourth-order valence-corrected chi connectivity index (χ4v) is 1.22. The molecule has 0 bridgehead atoms. The normalized spacial score (nSPS) is 13.6. The SMILES string of the molecule is COc1ccc([C@H](N)CCC(F)(F)F)cn1. The lowest BCUT2D eigenvalue weighted by Gasteiger charge is -2.13. The second kappa shape index (κ2) is 5.16. The summed E-state index contributed by atoms with van der Waals surface area (Å²) >= 11 is 0. The van der Waals surface area contributed by atoms with Crippen LogP contribution in [0.3, 0.4) is 0 Å². The number of ether oxygens (including phenoxy) is 1. The lowest BCUT2D eigenvalue weighted by atomic mass is 10.1. The van der Waals surface area contributed by atoms with Crippen LogP contribution >= 0.6 is 0 Å². The van der Waals surface area contributed by atoms with E-state index < -0.39 is 18.6 Å². The van der Waals surface area contributed by atoms with Gasteiger partial charge in [0.05, 0.1) is 7.11 Å². The Balaban J connectivity index is 2.56. The minimum atomic E-state index is -4.17. The number of nitrogens with two attached hydrogens (primary N) is 1. The molecule has 0 aliphatic heterocycles. The van der Waals surface area contributed by atoms with E-state index in [9.17, 15) is 13.2 Å². The zero-order valence-electron chi connectivity index (χ0n) is 8.79. The highest BCUT2D eigenvalue weighted by atomic mass is 19.4. The van der Waals surface area contributed by atoms with E-state index in [1.807, 2.05) is 0 Å². The number of halogens is 3. The Morgan fingerprint density at radius 2 is 2.12 bits per heavy atom. The van der Waals surface area contributed by atoms with Gasteiger partial charge < -0.3 is 10.5 Å². The molecule has 0 spiro atoms. The topological polar surface area (TPSA) is 48.1 Å². The van der Waals surface area contributed by atoms with Crippen molar-refractivity contribution in [2.75, 3.05) is 7.11 Å². The van der Waals surface area contributed by atoms with Gasteiger partial charge in [-0.2, -0.15) is 13.2 Å². The third-order valence-electron chi connectivity index (χ3n) is 2.14. The van der Waals surface area contributed by atoms with Crippen LogP contribution in [0.15, 0.2) is 18.3 Å². The van der Waals surface area contributed by atoms with Crippen molar-refractivity contribution < 1.29 is 17.9 Å². The number of alkyl halides is 3. The highest BCUT2D eigenvalue weighted by Gasteiger charge is 2.27. The van der Waals surface area contributed by atoms with Gasteiger partial charge in [-0.15, -0.1) is 0 Å². The van der Waals surface area contributed by atoms with Crippen molar-refractivity contribution in [2.45, 2.75) is 25.1 Å². The second-order valence-corrected chi connectivity index (χ2v) is 3.39. The molecule has 90 valence electrons. The van der Waals surface area contributed by atoms with Crippen LogP contribution in [0.5, 0.6) is 5.88 Å². The molecular formula is C10H13F3N2O. The first-order chi connectivity index (χ1) is 7.42. The van der Waals surface area contributed by atoms with Crippen molar-refractivity contribution in [3.8, 4) is 5.88 Å². The monoisotopic (exact) mass is 234 g/mol. The summed E-state index contributed by atoms with van der Waals surface area (Å²) in [7, 11) is 1.46. The van der Waals surface area contributed by atoms with Gasteiger partial charge in [0.2, 0.25) is 5.88 Å². The zero-order valence-corrected chi connectivity index (χ0v) is 8.79. The maximum atomic E-state index is 12.0. The molecule has 0 amide bonds. The molecule has 0 aliphatic rings. The summed E-state index contributed by atoms with van der Waals surface area (Å²) < 4.78 is 40.7. The van der Waals surface area contributed by atoms with Gasteiger partial charge in [0.15, 0.2) is 0 Å². The molecule has 0 fully saturated rings. The van der Waals surface area contributed by atoms with Crippen molar-refractivity contribution in [2.24, 2.45) is 5.73 Å². The standard InChI is InChI=1S/C10H13F3N2O/c1-16-9-3-2-7(6-15-9)8(14)4-5-10(11,12)13/h2-3,6,8H,4-5,14H2,1H3/t8-/m1/s1. The summed E-state index contributed by atoms with van der Waals surface area (Å²) in [4.78, 5) is 3.88. The van der Waals surface area contributed by atoms with Crippen LogP contribution in [0.4, 0.5) is 13.2 Å². The molecule has 16 heavy (non-hydrogen) atoms. The Hall–Kier alpha value is -1.30. The maximum absolute atomic E-state index is 12.0. The summed E-state index contributed by atoms with van der Waals surface area (Å²) in [5, 5.41) is 0. The smallest absolute Gasteiger partial charge is 0.389 e. The van der Waals surface area contributed by atoms with Crippen LogP contribution in [-0.4, -0.2) is 18.3 Å². The molecule has 0 aromatic carbocycles. The predicted molar refractivity (Wildman–Crippen MR) is 53.0 cm³/mol. The average molecular weight is 234 g/mol. The van der Waals surface area contributed by atoms with Crippen molar-refractivity contribution in [1.29, 1.82) is 0 Å². The Morgan fingerprint density at radius 1 is 1.44 bits per heavy atom. The zero-order chi connectivity index (χ0) is 12.2. The highest BCUT2D eigenvalue weighted by molar-refractivity contribution is 5.20. The number of hydrogen-bond donors (Lipinski definition) is 1. The minimum Gasteiger partial charge on any atom is -0.481 e. The molecule has 0 aliphatic carbocycles. The molecule has 0 saturated heterocycles. The van der Waals surface area contributed by atoms with E-state index in [4.69, 9.17) is 10.5 Å². The number of methoxy groups -OCH3 is 1. The first kappa shape index (κ1) is 12.8. The van der Waals surface area contributed by atoms with E-state index in [0.29, 0.717) is 11.4 Å². The molecule has 2 N–H and O–H groups in total. The molecule has 0 unspecified atom stereocenters.